The van der Waals surface area contributed by atoms with Crippen LogP contribution in [0.5, 0.6) is 0 Å². The normalized spacial score (nSPS) is 46.0. The van der Waals surface area contributed by atoms with Gasteiger partial charge in [-0.25, -0.2) is 0 Å². The SMILES string of the molecule is CC(C)CCC[C@@H](C)[C@H]1CC[C@H]2[C@@H]3[C@H](C)C=C4CC5(CC[C@]4(C)[C@H]3CC[C@]12C)OCCO5. The third-order valence-corrected chi connectivity index (χ3v) is 11.5. The quantitative estimate of drug-likeness (QED) is 0.401. The van der Waals surface area contributed by atoms with Crippen LogP contribution in [0.1, 0.15) is 106 Å². The highest BCUT2D eigenvalue weighted by atomic mass is 16.7. The molecule has 1 aliphatic heterocycles. The zero-order valence-corrected chi connectivity index (χ0v) is 21.9. The van der Waals surface area contributed by atoms with Crippen molar-refractivity contribution in [2.75, 3.05) is 13.2 Å². The molecule has 0 bridgehead atoms. The van der Waals surface area contributed by atoms with Gasteiger partial charge in [-0.1, -0.05) is 72.5 Å². The van der Waals surface area contributed by atoms with E-state index in [2.05, 4.69) is 47.6 Å². The predicted octanol–water partition coefficient (Wildman–Crippen LogP) is 8.02. The Morgan fingerprint density at radius 1 is 0.938 bits per heavy atom. The molecule has 1 heterocycles. The standard InChI is InChI=1S/C30H50O2/c1-20(2)8-7-9-21(3)24-10-11-25-27-22(4)18-23-19-30(31-16-17-32-30)15-14-28(23,5)26(27)12-13-29(24,25)6/h18,20-22,24-27H,7-17,19H2,1-6H3/t21-,22-,24-,25+,26+,27+,28+,29-/m1/s1. The first-order valence-electron chi connectivity index (χ1n) is 14.2. The maximum absolute atomic E-state index is 6.16. The molecule has 2 nitrogen and oxygen atoms in total. The largest absolute Gasteiger partial charge is 0.347 e. The van der Waals surface area contributed by atoms with Crippen LogP contribution in [0.3, 0.4) is 0 Å². The van der Waals surface area contributed by atoms with E-state index in [1.807, 2.05) is 0 Å². The van der Waals surface area contributed by atoms with Crippen molar-refractivity contribution < 1.29 is 9.47 Å². The summed E-state index contributed by atoms with van der Waals surface area (Å²) in [6.07, 6.45) is 16.2. The molecule has 1 spiro atoms. The summed E-state index contributed by atoms with van der Waals surface area (Å²) in [7, 11) is 0. The summed E-state index contributed by atoms with van der Waals surface area (Å²) in [5.74, 6) is 5.79. The van der Waals surface area contributed by atoms with E-state index < -0.39 is 0 Å². The summed E-state index contributed by atoms with van der Waals surface area (Å²) in [6, 6.07) is 0. The highest BCUT2D eigenvalue weighted by Gasteiger charge is 2.61. The molecule has 0 unspecified atom stereocenters. The van der Waals surface area contributed by atoms with Crippen LogP contribution >= 0.6 is 0 Å². The molecular formula is C30H50O2. The third kappa shape index (κ3) is 3.65. The first-order chi connectivity index (χ1) is 15.2. The minimum atomic E-state index is -0.287. The van der Waals surface area contributed by atoms with Crippen LogP contribution in [0.25, 0.3) is 0 Å². The monoisotopic (exact) mass is 442 g/mol. The molecular weight excluding hydrogens is 392 g/mol. The van der Waals surface area contributed by atoms with Gasteiger partial charge < -0.3 is 9.47 Å². The molecule has 0 N–H and O–H groups in total. The van der Waals surface area contributed by atoms with E-state index in [1.165, 1.54) is 51.4 Å². The number of fused-ring (bicyclic) bond motifs is 5. The van der Waals surface area contributed by atoms with Crippen molar-refractivity contribution in [2.24, 2.45) is 52.3 Å². The lowest BCUT2D eigenvalue weighted by molar-refractivity contribution is -0.187. The first kappa shape index (κ1) is 23.4. The molecule has 4 fully saturated rings. The van der Waals surface area contributed by atoms with Crippen molar-refractivity contribution in [3.05, 3.63) is 11.6 Å². The molecule has 182 valence electrons. The average molecular weight is 443 g/mol. The van der Waals surface area contributed by atoms with Gasteiger partial charge >= 0.3 is 0 Å². The van der Waals surface area contributed by atoms with Crippen molar-refractivity contribution >= 4 is 0 Å². The van der Waals surface area contributed by atoms with Crippen LogP contribution in [0.4, 0.5) is 0 Å². The van der Waals surface area contributed by atoms with Gasteiger partial charge in [-0.2, -0.15) is 0 Å². The van der Waals surface area contributed by atoms with Crippen LogP contribution in [-0.4, -0.2) is 19.0 Å². The Kier molecular flexibility index (Phi) is 6.14. The molecule has 0 amide bonds. The fourth-order valence-electron chi connectivity index (χ4n) is 9.73. The van der Waals surface area contributed by atoms with E-state index in [1.54, 1.807) is 5.57 Å². The molecule has 32 heavy (non-hydrogen) atoms. The van der Waals surface area contributed by atoms with Crippen molar-refractivity contribution in [3.8, 4) is 0 Å². The van der Waals surface area contributed by atoms with Crippen LogP contribution in [0.2, 0.25) is 0 Å². The second-order valence-corrected chi connectivity index (χ2v) is 13.6. The Bertz CT molecular complexity index is 718. The topological polar surface area (TPSA) is 18.5 Å². The molecule has 0 aromatic carbocycles. The number of ether oxygens (including phenoxy) is 2. The summed E-state index contributed by atoms with van der Waals surface area (Å²) < 4.78 is 12.3. The second kappa shape index (κ2) is 8.40. The van der Waals surface area contributed by atoms with Gasteiger partial charge in [0.1, 0.15) is 0 Å². The van der Waals surface area contributed by atoms with E-state index in [4.69, 9.17) is 9.47 Å². The Morgan fingerprint density at radius 2 is 1.69 bits per heavy atom. The Balaban J connectivity index is 1.35. The van der Waals surface area contributed by atoms with Crippen LogP contribution in [-0.2, 0) is 9.47 Å². The van der Waals surface area contributed by atoms with E-state index in [9.17, 15) is 0 Å². The molecule has 1 saturated heterocycles. The summed E-state index contributed by atoms with van der Waals surface area (Å²) in [6.45, 7) is 16.8. The fraction of sp³-hybridized carbons (Fsp3) is 0.933. The fourth-order valence-corrected chi connectivity index (χ4v) is 9.73. The van der Waals surface area contributed by atoms with Gasteiger partial charge in [0.15, 0.2) is 5.79 Å². The van der Waals surface area contributed by atoms with Crippen molar-refractivity contribution in [1.82, 2.24) is 0 Å². The average Bonchev–Trinajstić information content (AvgIpc) is 3.33. The zero-order chi connectivity index (χ0) is 22.7. The molecule has 4 aliphatic carbocycles. The predicted molar refractivity (Wildman–Crippen MR) is 132 cm³/mol. The Hall–Kier alpha value is -0.340. The molecule has 0 aromatic heterocycles. The van der Waals surface area contributed by atoms with E-state index in [0.29, 0.717) is 16.7 Å². The maximum Gasteiger partial charge on any atom is 0.172 e. The van der Waals surface area contributed by atoms with Crippen molar-refractivity contribution in [2.45, 2.75) is 112 Å². The molecule has 5 rings (SSSR count). The van der Waals surface area contributed by atoms with Gasteiger partial charge in [0.2, 0.25) is 0 Å². The van der Waals surface area contributed by atoms with E-state index in [0.717, 1.165) is 61.6 Å². The van der Waals surface area contributed by atoms with Gasteiger partial charge in [0.25, 0.3) is 0 Å². The van der Waals surface area contributed by atoms with Gasteiger partial charge in [-0.3, -0.25) is 0 Å². The minimum Gasteiger partial charge on any atom is -0.347 e. The van der Waals surface area contributed by atoms with Gasteiger partial charge in [-0.05, 0) is 84.4 Å². The van der Waals surface area contributed by atoms with Crippen LogP contribution in [0, 0.1) is 52.3 Å². The number of hydrogen-bond donors (Lipinski definition) is 0. The molecule has 8 atom stereocenters. The lowest BCUT2D eigenvalue weighted by atomic mass is 9.45. The van der Waals surface area contributed by atoms with Crippen molar-refractivity contribution in [1.29, 1.82) is 0 Å². The number of hydrogen-bond acceptors (Lipinski definition) is 2. The van der Waals surface area contributed by atoms with E-state index >= 15 is 0 Å². The molecule has 0 aromatic rings. The second-order valence-electron chi connectivity index (χ2n) is 13.6. The summed E-state index contributed by atoms with van der Waals surface area (Å²) >= 11 is 0. The minimum absolute atomic E-state index is 0.287. The highest BCUT2D eigenvalue weighted by Crippen LogP contribution is 2.69. The third-order valence-electron chi connectivity index (χ3n) is 11.5. The molecule has 2 heteroatoms. The Morgan fingerprint density at radius 3 is 2.41 bits per heavy atom. The first-order valence-corrected chi connectivity index (χ1v) is 14.2. The van der Waals surface area contributed by atoms with E-state index in [-0.39, 0.29) is 5.79 Å². The lowest BCUT2D eigenvalue weighted by Crippen LogP contribution is -2.54. The van der Waals surface area contributed by atoms with Crippen LogP contribution in [0.15, 0.2) is 11.6 Å². The summed E-state index contributed by atoms with van der Waals surface area (Å²) in [5, 5.41) is 0. The molecule has 3 saturated carbocycles. The van der Waals surface area contributed by atoms with Gasteiger partial charge in [0.05, 0.1) is 13.2 Å². The zero-order valence-electron chi connectivity index (χ0n) is 21.9. The number of rotatable bonds is 5. The summed E-state index contributed by atoms with van der Waals surface area (Å²) in [5.41, 5.74) is 2.63. The van der Waals surface area contributed by atoms with Crippen LogP contribution < -0.4 is 0 Å². The smallest absolute Gasteiger partial charge is 0.172 e. The number of allylic oxidation sites excluding steroid dienone is 1. The van der Waals surface area contributed by atoms with Gasteiger partial charge in [-0.15, -0.1) is 0 Å². The Labute approximate surface area is 198 Å². The molecule has 0 radical (unpaired) electrons. The van der Waals surface area contributed by atoms with Crippen molar-refractivity contribution in [3.63, 3.8) is 0 Å². The molecule has 5 aliphatic rings. The van der Waals surface area contributed by atoms with Gasteiger partial charge in [0, 0.05) is 12.8 Å². The lowest BCUT2D eigenvalue weighted by Gasteiger charge is -2.60. The maximum atomic E-state index is 6.16. The summed E-state index contributed by atoms with van der Waals surface area (Å²) in [4.78, 5) is 0. The highest BCUT2D eigenvalue weighted by molar-refractivity contribution is 5.28.